The first-order valence-corrected chi connectivity index (χ1v) is 10.7. The van der Waals surface area contributed by atoms with Crippen LogP contribution >= 0.6 is 0 Å². The number of amides is 1. The van der Waals surface area contributed by atoms with Crippen LogP contribution in [-0.2, 0) is 25.3 Å². The lowest BCUT2D eigenvalue weighted by molar-refractivity contribution is -0.138. The molecule has 0 saturated carbocycles. The number of rotatable bonds is 6. The van der Waals surface area contributed by atoms with E-state index >= 15 is 0 Å². The third-order valence-electron chi connectivity index (χ3n) is 5.58. The second-order valence-corrected chi connectivity index (χ2v) is 8.19. The van der Waals surface area contributed by atoms with Crippen molar-refractivity contribution < 1.29 is 31.1 Å². The van der Waals surface area contributed by atoms with Crippen molar-refractivity contribution in [2.24, 2.45) is 5.73 Å². The molecule has 4 rings (SSSR count). The maximum atomic E-state index is 12.8. The Balaban J connectivity index is 1.55. The number of nitrogens with two attached hydrogens (primary N) is 1. The minimum Gasteiger partial charge on any atom is -0.366 e. The topological polar surface area (TPSA) is 68.0 Å². The van der Waals surface area contributed by atoms with Gasteiger partial charge in [-0.25, -0.2) is 4.98 Å². The number of anilines is 1. The standard InChI is InChI=1S/C26H19F6N3O/c27-25(28,29)18-6-1-15(2-7-18)11-17-5-10-22-20(12-17)21(24(33)36)13-23(35-22)34-14-16-3-8-19(9-4-16)26(30,31)32/h1-10,12-13H,11,14H2,(H2,33,36)(H,34,35). The van der Waals surface area contributed by atoms with Crippen LogP contribution in [0.5, 0.6) is 0 Å². The molecule has 0 aliphatic rings. The van der Waals surface area contributed by atoms with Gasteiger partial charge in [0.25, 0.3) is 0 Å². The molecule has 0 atom stereocenters. The highest BCUT2D eigenvalue weighted by Crippen LogP contribution is 2.31. The van der Waals surface area contributed by atoms with Crippen LogP contribution < -0.4 is 11.1 Å². The molecule has 0 aliphatic carbocycles. The number of nitrogens with zero attached hydrogens (tertiary/aromatic N) is 1. The van der Waals surface area contributed by atoms with Crippen molar-refractivity contribution in [1.82, 2.24) is 4.98 Å². The molecule has 1 amide bonds. The molecule has 0 radical (unpaired) electrons. The highest BCUT2D eigenvalue weighted by molar-refractivity contribution is 6.06. The Morgan fingerprint density at radius 2 is 1.28 bits per heavy atom. The van der Waals surface area contributed by atoms with Crippen molar-refractivity contribution in [2.75, 3.05) is 5.32 Å². The lowest BCUT2D eigenvalue weighted by atomic mass is 9.99. The van der Waals surface area contributed by atoms with Gasteiger partial charge in [-0.15, -0.1) is 0 Å². The van der Waals surface area contributed by atoms with Crippen LogP contribution in [0.1, 0.15) is 38.2 Å². The largest absolute Gasteiger partial charge is 0.416 e. The van der Waals surface area contributed by atoms with E-state index in [1.165, 1.54) is 30.3 Å². The predicted molar refractivity (Wildman–Crippen MR) is 123 cm³/mol. The molecule has 0 bridgehead atoms. The molecular weight excluding hydrogens is 484 g/mol. The quantitative estimate of drug-likeness (QED) is 0.292. The van der Waals surface area contributed by atoms with Crippen molar-refractivity contribution in [1.29, 1.82) is 0 Å². The molecule has 4 aromatic rings. The van der Waals surface area contributed by atoms with Gasteiger partial charge in [0.05, 0.1) is 22.2 Å². The molecule has 0 spiro atoms. The lowest BCUT2D eigenvalue weighted by Crippen LogP contribution is -2.13. The molecule has 3 N–H and O–H groups in total. The zero-order chi connectivity index (χ0) is 26.1. The summed E-state index contributed by atoms with van der Waals surface area (Å²) in [6.07, 6.45) is -8.50. The third-order valence-corrected chi connectivity index (χ3v) is 5.58. The number of benzene rings is 3. The monoisotopic (exact) mass is 503 g/mol. The fraction of sp³-hybridized carbons (Fsp3) is 0.154. The van der Waals surface area contributed by atoms with Crippen molar-refractivity contribution in [3.05, 3.63) is 106 Å². The van der Waals surface area contributed by atoms with E-state index in [-0.39, 0.29) is 12.1 Å². The number of alkyl halides is 6. The van der Waals surface area contributed by atoms with Crippen LogP contribution in [0.2, 0.25) is 0 Å². The molecule has 1 heterocycles. The molecule has 0 saturated heterocycles. The summed E-state index contributed by atoms with van der Waals surface area (Å²) in [5, 5.41) is 3.47. The first kappa shape index (κ1) is 25.0. The average Bonchev–Trinajstić information content (AvgIpc) is 2.81. The van der Waals surface area contributed by atoms with E-state index in [0.717, 1.165) is 29.8 Å². The van der Waals surface area contributed by atoms with E-state index in [9.17, 15) is 31.1 Å². The lowest BCUT2D eigenvalue weighted by Gasteiger charge is -2.12. The van der Waals surface area contributed by atoms with Crippen LogP contribution in [0.4, 0.5) is 32.2 Å². The minimum atomic E-state index is -4.42. The van der Waals surface area contributed by atoms with E-state index in [1.807, 2.05) is 0 Å². The van der Waals surface area contributed by atoms with Gasteiger partial charge >= 0.3 is 12.4 Å². The summed E-state index contributed by atoms with van der Waals surface area (Å²) < 4.78 is 76.6. The first-order chi connectivity index (χ1) is 16.9. The van der Waals surface area contributed by atoms with Gasteiger partial charge in [-0.05, 0) is 65.6 Å². The van der Waals surface area contributed by atoms with E-state index in [4.69, 9.17) is 5.73 Å². The summed E-state index contributed by atoms with van der Waals surface area (Å²) in [6, 6.07) is 16.1. The number of primary amides is 1. The highest BCUT2D eigenvalue weighted by Gasteiger charge is 2.30. The van der Waals surface area contributed by atoms with Gasteiger partial charge in [-0.3, -0.25) is 4.79 Å². The van der Waals surface area contributed by atoms with Gasteiger partial charge in [0.15, 0.2) is 0 Å². The Kier molecular flexibility index (Phi) is 6.62. The van der Waals surface area contributed by atoms with Crippen LogP contribution in [0.3, 0.4) is 0 Å². The summed E-state index contributed by atoms with van der Waals surface area (Å²) in [6.45, 7) is 0.168. The van der Waals surface area contributed by atoms with E-state index < -0.39 is 29.4 Å². The Bertz CT molecular complexity index is 1400. The van der Waals surface area contributed by atoms with Crippen LogP contribution in [-0.4, -0.2) is 10.9 Å². The number of aromatic nitrogens is 1. The fourth-order valence-corrected chi connectivity index (χ4v) is 3.73. The number of carbonyl (C=O) groups is 1. The van der Waals surface area contributed by atoms with E-state index in [0.29, 0.717) is 34.3 Å². The minimum absolute atomic E-state index is 0.168. The molecule has 4 nitrogen and oxygen atoms in total. The van der Waals surface area contributed by atoms with Gasteiger partial charge in [-0.1, -0.05) is 30.3 Å². The summed E-state index contributed by atoms with van der Waals surface area (Å²) in [7, 11) is 0. The number of halogens is 6. The third kappa shape index (κ3) is 5.76. The molecule has 3 aromatic carbocycles. The maximum absolute atomic E-state index is 12.8. The Morgan fingerprint density at radius 1 is 0.750 bits per heavy atom. The number of hydrogen-bond acceptors (Lipinski definition) is 3. The second-order valence-electron chi connectivity index (χ2n) is 8.19. The fourth-order valence-electron chi connectivity index (χ4n) is 3.73. The maximum Gasteiger partial charge on any atom is 0.416 e. The molecule has 0 unspecified atom stereocenters. The van der Waals surface area contributed by atoms with Gasteiger partial charge < -0.3 is 11.1 Å². The number of pyridine rings is 1. The number of nitrogens with one attached hydrogen (secondary N) is 1. The van der Waals surface area contributed by atoms with Crippen LogP contribution in [0.25, 0.3) is 10.9 Å². The normalized spacial score (nSPS) is 12.1. The summed E-state index contributed by atoms with van der Waals surface area (Å²) in [5.41, 5.74) is 6.71. The Morgan fingerprint density at radius 3 is 1.81 bits per heavy atom. The number of fused-ring (bicyclic) bond motifs is 1. The van der Waals surface area contributed by atoms with Crippen LogP contribution in [0, 0.1) is 0 Å². The van der Waals surface area contributed by atoms with Crippen LogP contribution in [0.15, 0.2) is 72.8 Å². The molecule has 36 heavy (non-hydrogen) atoms. The zero-order valence-electron chi connectivity index (χ0n) is 18.5. The van der Waals surface area contributed by atoms with E-state index in [2.05, 4.69) is 10.3 Å². The SMILES string of the molecule is NC(=O)c1cc(NCc2ccc(C(F)(F)F)cc2)nc2ccc(Cc3ccc(C(F)(F)F)cc3)cc12. The number of hydrogen-bond donors (Lipinski definition) is 2. The predicted octanol–water partition coefficient (Wildman–Crippen LogP) is 6.57. The molecular formula is C26H19F6N3O. The zero-order valence-corrected chi connectivity index (χ0v) is 18.5. The van der Waals surface area contributed by atoms with Crippen molar-refractivity contribution in [2.45, 2.75) is 25.3 Å². The first-order valence-electron chi connectivity index (χ1n) is 10.7. The summed E-state index contributed by atoms with van der Waals surface area (Å²) >= 11 is 0. The average molecular weight is 503 g/mol. The van der Waals surface area contributed by atoms with Crippen molar-refractivity contribution in [3.8, 4) is 0 Å². The highest BCUT2D eigenvalue weighted by atomic mass is 19.4. The summed E-state index contributed by atoms with van der Waals surface area (Å²) in [5.74, 6) is -0.390. The Hall–Kier alpha value is -4.08. The molecule has 10 heteroatoms. The van der Waals surface area contributed by atoms with Gasteiger partial charge in [0, 0.05) is 11.9 Å². The van der Waals surface area contributed by atoms with E-state index in [1.54, 1.807) is 18.2 Å². The van der Waals surface area contributed by atoms with Crippen molar-refractivity contribution >= 4 is 22.6 Å². The van der Waals surface area contributed by atoms with Gasteiger partial charge in [0.2, 0.25) is 5.91 Å². The molecule has 0 fully saturated rings. The molecule has 1 aromatic heterocycles. The number of carbonyl (C=O) groups excluding carboxylic acids is 1. The molecule has 0 aliphatic heterocycles. The Labute approximate surface area is 201 Å². The van der Waals surface area contributed by atoms with Gasteiger partial charge in [-0.2, -0.15) is 26.3 Å². The summed E-state index contributed by atoms with van der Waals surface area (Å²) in [4.78, 5) is 16.6. The van der Waals surface area contributed by atoms with Crippen molar-refractivity contribution in [3.63, 3.8) is 0 Å². The molecule has 186 valence electrons. The smallest absolute Gasteiger partial charge is 0.366 e. The second kappa shape index (κ2) is 9.52. The van der Waals surface area contributed by atoms with Gasteiger partial charge in [0.1, 0.15) is 5.82 Å².